The summed E-state index contributed by atoms with van der Waals surface area (Å²) in [6.45, 7) is 0. The number of hydrogen-bond donors (Lipinski definition) is 1. The summed E-state index contributed by atoms with van der Waals surface area (Å²) in [6, 6.07) is 9.98. The van der Waals surface area contributed by atoms with E-state index in [0.717, 1.165) is 4.47 Å². The zero-order valence-electron chi connectivity index (χ0n) is 9.38. The molecule has 1 N–H and O–H groups in total. The molecule has 0 saturated heterocycles. The summed E-state index contributed by atoms with van der Waals surface area (Å²) in [5.41, 5.74) is 0.853. The zero-order valence-corrected chi connectivity index (χ0v) is 13.2. The fourth-order valence-corrected chi connectivity index (χ4v) is 2.62. The van der Waals surface area contributed by atoms with Crippen molar-refractivity contribution in [1.82, 2.24) is 0 Å². The number of carbonyl (C=O) groups is 1. The van der Waals surface area contributed by atoms with Crippen LogP contribution in [-0.2, 0) is 0 Å². The molecular weight excluding hydrogens is 372 g/mol. The highest BCUT2D eigenvalue weighted by Crippen LogP contribution is 2.33. The van der Waals surface area contributed by atoms with Crippen LogP contribution in [0.4, 0.5) is 5.69 Å². The minimum Gasteiger partial charge on any atom is -0.319 e. The summed E-state index contributed by atoms with van der Waals surface area (Å²) in [4.78, 5) is 12.0. The molecule has 0 spiro atoms. The Balaban J connectivity index is 2.26. The molecule has 0 unspecified atom stereocenters. The summed E-state index contributed by atoms with van der Waals surface area (Å²) in [7, 11) is 0. The lowest BCUT2D eigenvalue weighted by Gasteiger charge is -2.10. The van der Waals surface area contributed by atoms with E-state index in [0.29, 0.717) is 26.3 Å². The zero-order chi connectivity index (χ0) is 14.0. The third-order valence-corrected chi connectivity index (χ3v) is 3.69. The number of nitrogens with one attached hydrogen (secondary N) is 1. The van der Waals surface area contributed by atoms with E-state index in [4.69, 9.17) is 34.8 Å². The molecule has 0 bridgehead atoms. The van der Waals surface area contributed by atoms with Crippen molar-refractivity contribution in [2.75, 3.05) is 5.32 Å². The van der Waals surface area contributed by atoms with Crippen molar-refractivity contribution < 1.29 is 4.79 Å². The van der Waals surface area contributed by atoms with E-state index in [-0.39, 0.29) is 5.91 Å². The van der Waals surface area contributed by atoms with Gasteiger partial charge in [-0.1, -0.05) is 50.7 Å². The van der Waals surface area contributed by atoms with E-state index < -0.39 is 0 Å². The summed E-state index contributed by atoms with van der Waals surface area (Å²) < 4.78 is 0.895. The summed E-state index contributed by atoms with van der Waals surface area (Å²) >= 11 is 21.1. The van der Waals surface area contributed by atoms with Crippen LogP contribution in [0.2, 0.25) is 15.1 Å². The minimum absolute atomic E-state index is 0.293. The van der Waals surface area contributed by atoms with Crippen molar-refractivity contribution in [3.63, 3.8) is 0 Å². The lowest BCUT2D eigenvalue weighted by Crippen LogP contribution is -2.12. The van der Waals surface area contributed by atoms with Crippen LogP contribution in [0.15, 0.2) is 40.9 Å². The molecule has 0 aromatic heterocycles. The van der Waals surface area contributed by atoms with Gasteiger partial charge < -0.3 is 5.32 Å². The Morgan fingerprint density at radius 3 is 2.05 bits per heavy atom. The molecule has 0 aliphatic carbocycles. The molecule has 2 rings (SSSR count). The van der Waals surface area contributed by atoms with Crippen molar-refractivity contribution in [3.05, 3.63) is 61.5 Å². The first kappa shape index (κ1) is 14.7. The number of halogens is 4. The monoisotopic (exact) mass is 377 g/mol. The molecule has 1 amide bonds. The molecule has 2 aromatic carbocycles. The molecule has 2 aromatic rings. The first-order valence-corrected chi connectivity index (χ1v) is 7.11. The molecule has 6 heteroatoms. The predicted molar refractivity (Wildman–Crippen MR) is 83.6 cm³/mol. The molecular formula is C13H7BrCl3NO. The van der Waals surface area contributed by atoms with Gasteiger partial charge in [-0.2, -0.15) is 0 Å². The van der Waals surface area contributed by atoms with E-state index in [2.05, 4.69) is 21.2 Å². The Labute approximate surface area is 133 Å². The maximum atomic E-state index is 12.0. The number of hydrogen-bond acceptors (Lipinski definition) is 1. The van der Waals surface area contributed by atoms with E-state index in [1.807, 2.05) is 0 Å². The van der Waals surface area contributed by atoms with Crippen LogP contribution in [0, 0.1) is 0 Å². The summed E-state index contributed by atoms with van der Waals surface area (Å²) in [6.07, 6.45) is 0. The van der Waals surface area contributed by atoms with E-state index in [1.165, 1.54) is 12.1 Å². The van der Waals surface area contributed by atoms with E-state index in [9.17, 15) is 4.79 Å². The molecule has 0 radical (unpaired) electrons. The highest BCUT2D eigenvalue weighted by molar-refractivity contribution is 9.10. The maximum absolute atomic E-state index is 12.0. The normalized spacial score (nSPS) is 10.3. The summed E-state index contributed by atoms with van der Waals surface area (Å²) in [5.74, 6) is -0.293. The average Bonchev–Trinajstić information content (AvgIpc) is 2.34. The lowest BCUT2D eigenvalue weighted by atomic mass is 10.2. The van der Waals surface area contributed by atoms with Gasteiger partial charge in [-0.25, -0.2) is 0 Å². The van der Waals surface area contributed by atoms with Gasteiger partial charge in [0.15, 0.2) is 0 Å². The average molecular weight is 379 g/mol. The van der Waals surface area contributed by atoms with Crippen LogP contribution < -0.4 is 5.32 Å². The molecule has 0 atom stereocenters. The smallest absolute Gasteiger partial charge is 0.255 e. The molecule has 19 heavy (non-hydrogen) atoms. The highest BCUT2D eigenvalue weighted by Gasteiger charge is 2.12. The summed E-state index contributed by atoms with van der Waals surface area (Å²) in [5, 5.41) is 3.67. The van der Waals surface area contributed by atoms with Crippen molar-refractivity contribution in [2.45, 2.75) is 0 Å². The third kappa shape index (κ3) is 3.63. The van der Waals surface area contributed by atoms with Gasteiger partial charge in [0.05, 0.1) is 15.7 Å². The molecule has 0 aliphatic rings. The van der Waals surface area contributed by atoms with Crippen LogP contribution in [0.3, 0.4) is 0 Å². The number of anilines is 1. The minimum atomic E-state index is -0.293. The Bertz CT molecular complexity index is 605. The fourth-order valence-electron chi connectivity index (χ4n) is 1.45. The van der Waals surface area contributed by atoms with Gasteiger partial charge in [-0.15, -0.1) is 0 Å². The Morgan fingerprint density at radius 1 is 1.00 bits per heavy atom. The lowest BCUT2D eigenvalue weighted by molar-refractivity contribution is 0.102. The molecule has 98 valence electrons. The van der Waals surface area contributed by atoms with Crippen LogP contribution in [0.1, 0.15) is 10.4 Å². The standard InChI is InChI=1S/C13H7BrCl3NO/c14-8-3-1-7(2-4-8)13(19)18-12-10(16)5-9(15)6-11(12)17/h1-6H,(H,18,19). The number of amides is 1. The highest BCUT2D eigenvalue weighted by atomic mass is 79.9. The molecule has 0 heterocycles. The third-order valence-electron chi connectivity index (χ3n) is 2.35. The van der Waals surface area contributed by atoms with Gasteiger partial charge in [-0.05, 0) is 36.4 Å². The van der Waals surface area contributed by atoms with Crippen molar-refractivity contribution >= 4 is 62.3 Å². The topological polar surface area (TPSA) is 29.1 Å². The van der Waals surface area contributed by atoms with Gasteiger partial charge in [-0.3, -0.25) is 4.79 Å². The first-order valence-electron chi connectivity index (χ1n) is 5.19. The van der Waals surface area contributed by atoms with Gasteiger partial charge in [0.2, 0.25) is 0 Å². The van der Waals surface area contributed by atoms with Crippen molar-refractivity contribution in [2.24, 2.45) is 0 Å². The van der Waals surface area contributed by atoms with Gasteiger partial charge in [0.25, 0.3) is 5.91 Å². The Morgan fingerprint density at radius 2 is 1.53 bits per heavy atom. The van der Waals surface area contributed by atoms with Crippen LogP contribution in [0.25, 0.3) is 0 Å². The SMILES string of the molecule is O=C(Nc1c(Cl)cc(Cl)cc1Cl)c1ccc(Br)cc1. The second-order valence-corrected chi connectivity index (χ2v) is 5.87. The number of carbonyl (C=O) groups excluding carboxylic acids is 1. The molecule has 2 nitrogen and oxygen atoms in total. The predicted octanol–water partition coefficient (Wildman–Crippen LogP) is 5.66. The Hall–Kier alpha value is -0.740. The quantitative estimate of drug-likeness (QED) is 0.716. The largest absolute Gasteiger partial charge is 0.319 e. The maximum Gasteiger partial charge on any atom is 0.255 e. The van der Waals surface area contributed by atoms with Crippen molar-refractivity contribution in [3.8, 4) is 0 Å². The fraction of sp³-hybridized carbons (Fsp3) is 0. The second kappa shape index (κ2) is 6.14. The number of benzene rings is 2. The van der Waals surface area contributed by atoms with Crippen LogP contribution in [0.5, 0.6) is 0 Å². The van der Waals surface area contributed by atoms with Crippen LogP contribution in [-0.4, -0.2) is 5.91 Å². The number of rotatable bonds is 2. The van der Waals surface area contributed by atoms with E-state index in [1.54, 1.807) is 24.3 Å². The Kier molecular flexibility index (Phi) is 4.74. The van der Waals surface area contributed by atoms with Gasteiger partial charge >= 0.3 is 0 Å². The first-order chi connectivity index (χ1) is 8.97. The van der Waals surface area contributed by atoms with Crippen molar-refractivity contribution in [1.29, 1.82) is 0 Å². The van der Waals surface area contributed by atoms with Gasteiger partial charge in [0, 0.05) is 15.1 Å². The molecule has 0 fully saturated rings. The molecule has 0 saturated carbocycles. The second-order valence-electron chi connectivity index (χ2n) is 3.71. The molecule has 0 aliphatic heterocycles. The van der Waals surface area contributed by atoms with Gasteiger partial charge in [0.1, 0.15) is 0 Å². The van der Waals surface area contributed by atoms with E-state index >= 15 is 0 Å². The van der Waals surface area contributed by atoms with Crippen LogP contribution >= 0.6 is 50.7 Å².